The smallest absolute Gasteiger partial charge is 0.319 e. The Morgan fingerprint density at radius 2 is 2.00 bits per heavy atom. The average Bonchev–Trinajstić information content (AvgIpc) is 2.66. The number of carboxylic acid groups (broad SMARTS) is 1. The molecule has 3 rings (SSSR count). The molecule has 0 aromatic carbocycles. The van der Waals surface area contributed by atoms with Crippen LogP contribution in [0.3, 0.4) is 0 Å². The molecule has 1 N–H and O–H groups in total. The number of fused-ring (bicyclic) bond motifs is 1. The highest BCUT2D eigenvalue weighted by Crippen LogP contribution is 2.50. The number of thioether (sulfide) groups is 1. The summed E-state index contributed by atoms with van der Waals surface area (Å²) in [5.41, 5.74) is 5.82. The van der Waals surface area contributed by atoms with Crippen LogP contribution in [-0.2, 0) is 4.79 Å². The quantitative estimate of drug-likeness (QED) is 0.603. The fraction of sp³-hybridized carbons (Fsp3) is 0.333. The van der Waals surface area contributed by atoms with E-state index in [2.05, 4.69) is 62.2 Å². The van der Waals surface area contributed by atoms with E-state index >= 15 is 0 Å². The van der Waals surface area contributed by atoms with Gasteiger partial charge in [0.1, 0.15) is 4.75 Å². The maximum atomic E-state index is 11.7. The van der Waals surface area contributed by atoms with Gasteiger partial charge in [0.05, 0.1) is 0 Å². The third-order valence-corrected chi connectivity index (χ3v) is 6.83. The van der Waals surface area contributed by atoms with Crippen LogP contribution in [0.1, 0.15) is 46.6 Å². The number of allylic oxidation sites excluding steroid dienone is 10. The van der Waals surface area contributed by atoms with Crippen molar-refractivity contribution >= 4 is 23.3 Å². The van der Waals surface area contributed by atoms with Crippen LogP contribution in [-0.4, -0.2) is 20.8 Å². The highest BCUT2D eigenvalue weighted by molar-refractivity contribution is 8.01. The highest BCUT2D eigenvalue weighted by Gasteiger charge is 2.36. The van der Waals surface area contributed by atoms with Gasteiger partial charge in [0, 0.05) is 28.3 Å². The number of carboxylic acids is 1. The van der Waals surface area contributed by atoms with Gasteiger partial charge in [-0.15, -0.1) is 11.8 Å². The molecule has 0 amide bonds. The summed E-state index contributed by atoms with van der Waals surface area (Å²) in [6, 6.07) is 1.91. The van der Waals surface area contributed by atoms with Crippen LogP contribution in [0, 0.1) is 5.41 Å². The van der Waals surface area contributed by atoms with E-state index in [0.29, 0.717) is 0 Å². The molecule has 0 saturated heterocycles. The van der Waals surface area contributed by atoms with Crippen molar-refractivity contribution in [2.75, 3.05) is 0 Å². The Bertz CT molecular complexity index is 963. The van der Waals surface area contributed by atoms with Crippen LogP contribution >= 0.6 is 11.8 Å². The zero-order chi connectivity index (χ0) is 20.5. The summed E-state index contributed by atoms with van der Waals surface area (Å²) in [6.45, 7) is 10.1. The highest BCUT2D eigenvalue weighted by atomic mass is 32.2. The Morgan fingerprint density at radius 3 is 2.68 bits per heavy atom. The van der Waals surface area contributed by atoms with Gasteiger partial charge in [-0.05, 0) is 56.9 Å². The van der Waals surface area contributed by atoms with Crippen molar-refractivity contribution in [3.63, 3.8) is 0 Å². The third kappa shape index (κ3) is 3.53. The van der Waals surface area contributed by atoms with Crippen LogP contribution in [0.2, 0.25) is 0 Å². The van der Waals surface area contributed by atoms with Gasteiger partial charge in [-0.2, -0.15) is 0 Å². The predicted octanol–water partition coefficient (Wildman–Crippen LogP) is 6.22. The summed E-state index contributed by atoms with van der Waals surface area (Å²) in [4.78, 5) is 16.9. The van der Waals surface area contributed by atoms with Crippen LogP contribution in [0.25, 0.3) is 5.57 Å². The second-order valence-corrected chi connectivity index (χ2v) is 9.58. The van der Waals surface area contributed by atoms with E-state index in [-0.39, 0.29) is 5.41 Å². The predicted molar refractivity (Wildman–Crippen MR) is 117 cm³/mol. The van der Waals surface area contributed by atoms with E-state index in [4.69, 9.17) is 0 Å². The Balaban J connectivity index is 2.18. The fourth-order valence-corrected chi connectivity index (χ4v) is 4.74. The van der Waals surface area contributed by atoms with Crippen molar-refractivity contribution in [1.29, 1.82) is 0 Å². The van der Waals surface area contributed by atoms with Crippen LogP contribution in [0.5, 0.6) is 0 Å². The first-order valence-electron chi connectivity index (χ1n) is 9.56. The molecule has 28 heavy (non-hydrogen) atoms. The molecular formula is C24H27NO2S. The van der Waals surface area contributed by atoms with E-state index in [0.717, 1.165) is 22.5 Å². The summed E-state index contributed by atoms with van der Waals surface area (Å²) in [5.74, 6) is -0.828. The van der Waals surface area contributed by atoms with Gasteiger partial charge >= 0.3 is 5.97 Å². The van der Waals surface area contributed by atoms with Crippen LogP contribution in [0.4, 0.5) is 0 Å². The molecule has 1 aromatic rings. The molecule has 0 aliphatic heterocycles. The molecule has 1 heterocycles. The van der Waals surface area contributed by atoms with Gasteiger partial charge in [-0.3, -0.25) is 9.78 Å². The minimum atomic E-state index is -0.921. The molecule has 2 aliphatic rings. The van der Waals surface area contributed by atoms with E-state index in [1.165, 1.54) is 28.5 Å². The van der Waals surface area contributed by atoms with Crippen molar-refractivity contribution in [1.82, 2.24) is 4.98 Å². The number of carbonyl (C=O) groups is 1. The lowest BCUT2D eigenvalue weighted by atomic mass is 9.66. The molecule has 1 unspecified atom stereocenters. The number of pyridine rings is 1. The molecule has 0 spiro atoms. The van der Waals surface area contributed by atoms with Crippen molar-refractivity contribution in [2.45, 2.75) is 50.7 Å². The Kier molecular flexibility index (Phi) is 5.53. The largest absolute Gasteiger partial charge is 0.480 e. The summed E-state index contributed by atoms with van der Waals surface area (Å²) < 4.78 is -0.921. The summed E-state index contributed by atoms with van der Waals surface area (Å²) in [5, 5.41) is 9.57. The number of hydrogen-bond donors (Lipinski definition) is 1. The number of nitrogens with zero attached hydrogens (tertiary/aromatic N) is 1. The number of hydrogen-bond acceptors (Lipinski definition) is 3. The van der Waals surface area contributed by atoms with Crippen LogP contribution in [0.15, 0.2) is 76.5 Å². The Labute approximate surface area is 171 Å². The standard InChI is InChI=1S/C24H27NO2S/c1-6-16(2)19-11-10-17(20-9-7-8-13-24(19,20)5)18-15-25-14-12-21(18)28-23(3,4)22(26)27/h7-15H,6H2,1-5H3,(H,26,27). The van der Waals surface area contributed by atoms with Crippen molar-refractivity contribution in [3.05, 3.63) is 77.2 Å². The summed E-state index contributed by atoms with van der Waals surface area (Å²) >= 11 is 1.36. The van der Waals surface area contributed by atoms with Gasteiger partial charge in [0.2, 0.25) is 0 Å². The number of aromatic nitrogens is 1. The van der Waals surface area contributed by atoms with Gasteiger partial charge in [-0.25, -0.2) is 0 Å². The Morgan fingerprint density at radius 1 is 1.25 bits per heavy atom. The maximum Gasteiger partial charge on any atom is 0.319 e. The van der Waals surface area contributed by atoms with Gasteiger partial charge in [0.15, 0.2) is 0 Å². The van der Waals surface area contributed by atoms with Crippen molar-refractivity contribution in [3.8, 4) is 0 Å². The molecule has 146 valence electrons. The molecule has 2 aliphatic carbocycles. The van der Waals surface area contributed by atoms with E-state index in [1.807, 2.05) is 12.3 Å². The molecule has 4 heteroatoms. The van der Waals surface area contributed by atoms with E-state index in [1.54, 1.807) is 20.0 Å². The van der Waals surface area contributed by atoms with Gasteiger partial charge < -0.3 is 5.11 Å². The minimum absolute atomic E-state index is 0.195. The summed E-state index contributed by atoms with van der Waals surface area (Å²) in [7, 11) is 0. The first kappa shape index (κ1) is 20.4. The first-order valence-corrected chi connectivity index (χ1v) is 10.4. The maximum absolute atomic E-state index is 11.7. The molecule has 0 bridgehead atoms. The second kappa shape index (κ2) is 7.59. The lowest BCUT2D eigenvalue weighted by Gasteiger charge is -2.37. The number of rotatable bonds is 5. The third-order valence-electron chi connectivity index (χ3n) is 5.57. The van der Waals surface area contributed by atoms with Crippen LogP contribution < -0.4 is 0 Å². The lowest BCUT2D eigenvalue weighted by Crippen LogP contribution is -2.27. The lowest BCUT2D eigenvalue weighted by molar-refractivity contribution is -0.138. The zero-order valence-corrected chi connectivity index (χ0v) is 17.9. The van der Waals surface area contributed by atoms with Crippen molar-refractivity contribution in [2.24, 2.45) is 5.41 Å². The minimum Gasteiger partial charge on any atom is -0.480 e. The molecule has 0 saturated carbocycles. The first-order chi connectivity index (χ1) is 13.2. The normalized spacial score (nSPS) is 23.0. The molecule has 1 atom stereocenters. The SMILES string of the molecule is CCC(C)=C1C=CC(c2cnccc2SC(C)(C)C(=O)O)=C2C=CC=CC12C. The Hall–Kier alpha value is -2.33. The zero-order valence-electron chi connectivity index (χ0n) is 17.1. The molecule has 0 fully saturated rings. The van der Waals surface area contributed by atoms with Gasteiger partial charge in [-0.1, -0.05) is 49.0 Å². The molecule has 1 aromatic heterocycles. The molecule has 3 nitrogen and oxygen atoms in total. The number of aliphatic carboxylic acids is 1. The van der Waals surface area contributed by atoms with Gasteiger partial charge in [0.25, 0.3) is 0 Å². The average molecular weight is 394 g/mol. The summed E-state index contributed by atoms with van der Waals surface area (Å²) in [6.07, 6.45) is 17.6. The monoisotopic (exact) mass is 393 g/mol. The molecule has 0 radical (unpaired) electrons. The second-order valence-electron chi connectivity index (χ2n) is 7.92. The topological polar surface area (TPSA) is 50.2 Å². The fourth-order valence-electron chi connectivity index (χ4n) is 3.70. The molecular weight excluding hydrogens is 366 g/mol. The van der Waals surface area contributed by atoms with Crippen molar-refractivity contribution < 1.29 is 9.90 Å². The van der Waals surface area contributed by atoms with E-state index in [9.17, 15) is 9.90 Å². The van der Waals surface area contributed by atoms with E-state index < -0.39 is 10.7 Å².